The molecular weight excluding hydrogens is 526 g/mol. The SMILES string of the molecule is Cn1c(=O)n(CCN2CCN(c3ccc(OCCOC4CC4)cc3)CC2)c2nc(N)n3nc(-c4ccco4)nc3c21. The van der Waals surface area contributed by atoms with Gasteiger partial charge >= 0.3 is 5.69 Å². The number of hydrogen-bond donors (Lipinski definition) is 1. The Hall–Kier alpha value is -4.36. The summed E-state index contributed by atoms with van der Waals surface area (Å²) in [6.45, 7) is 6.03. The normalized spacial score (nSPS) is 16.3. The van der Waals surface area contributed by atoms with Gasteiger partial charge in [0, 0.05) is 52.0 Å². The number of hydrogen-bond acceptors (Lipinski definition) is 10. The van der Waals surface area contributed by atoms with E-state index in [1.54, 1.807) is 34.6 Å². The Labute approximate surface area is 235 Å². The summed E-state index contributed by atoms with van der Waals surface area (Å²) in [5.74, 6) is 1.92. The quantitative estimate of drug-likeness (QED) is 0.253. The van der Waals surface area contributed by atoms with Crippen LogP contribution in [0.2, 0.25) is 0 Å². The van der Waals surface area contributed by atoms with E-state index >= 15 is 0 Å². The van der Waals surface area contributed by atoms with Crippen LogP contribution in [-0.4, -0.2) is 85.7 Å². The fourth-order valence-corrected chi connectivity index (χ4v) is 5.33. The zero-order valence-electron chi connectivity index (χ0n) is 23.0. The first kappa shape index (κ1) is 25.6. The van der Waals surface area contributed by atoms with E-state index in [4.69, 9.17) is 19.6 Å². The highest BCUT2D eigenvalue weighted by molar-refractivity contribution is 5.88. The highest BCUT2D eigenvalue weighted by Gasteiger charge is 2.23. The van der Waals surface area contributed by atoms with Gasteiger partial charge in [-0.2, -0.15) is 9.50 Å². The van der Waals surface area contributed by atoms with Crippen LogP contribution < -0.4 is 21.1 Å². The van der Waals surface area contributed by atoms with Crippen molar-refractivity contribution in [3.63, 3.8) is 0 Å². The molecule has 1 aliphatic heterocycles. The van der Waals surface area contributed by atoms with Gasteiger partial charge in [0.2, 0.25) is 11.8 Å². The molecule has 0 atom stereocenters. The van der Waals surface area contributed by atoms with Crippen LogP contribution in [0.3, 0.4) is 0 Å². The van der Waals surface area contributed by atoms with Crippen molar-refractivity contribution in [3.05, 3.63) is 53.1 Å². The molecule has 1 aromatic carbocycles. The summed E-state index contributed by atoms with van der Waals surface area (Å²) in [6.07, 6.45) is 4.37. The Bertz CT molecular complexity index is 1710. The third-order valence-corrected chi connectivity index (χ3v) is 7.76. The first-order chi connectivity index (χ1) is 20.0. The van der Waals surface area contributed by atoms with E-state index < -0.39 is 0 Å². The molecule has 0 radical (unpaired) electrons. The summed E-state index contributed by atoms with van der Waals surface area (Å²) in [7, 11) is 1.72. The van der Waals surface area contributed by atoms with Crippen LogP contribution in [0.5, 0.6) is 5.75 Å². The van der Waals surface area contributed by atoms with Gasteiger partial charge in [-0.05, 0) is 49.2 Å². The molecule has 5 aromatic rings. The van der Waals surface area contributed by atoms with E-state index in [1.165, 1.54) is 23.0 Å². The minimum Gasteiger partial charge on any atom is -0.491 e. The number of aromatic nitrogens is 6. The molecule has 2 fully saturated rings. The number of piperazine rings is 1. The summed E-state index contributed by atoms with van der Waals surface area (Å²) in [4.78, 5) is 27.2. The third-order valence-electron chi connectivity index (χ3n) is 7.76. The monoisotopic (exact) mass is 559 g/mol. The zero-order chi connectivity index (χ0) is 27.9. The van der Waals surface area contributed by atoms with Crippen molar-refractivity contribution in [2.45, 2.75) is 25.5 Å². The first-order valence-electron chi connectivity index (χ1n) is 14.0. The molecule has 214 valence electrons. The molecule has 0 bridgehead atoms. The molecule has 7 rings (SSSR count). The topological polar surface area (TPSA) is 134 Å². The molecule has 13 nitrogen and oxygen atoms in total. The van der Waals surface area contributed by atoms with E-state index in [-0.39, 0.29) is 11.6 Å². The fourth-order valence-electron chi connectivity index (χ4n) is 5.33. The molecule has 2 N–H and O–H groups in total. The second-order valence-electron chi connectivity index (χ2n) is 10.5. The highest BCUT2D eigenvalue weighted by atomic mass is 16.5. The van der Waals surface area contributed by atoms with E-state index in [2.05, 4.69) is 37.0 Å². The van der Waals surface area contributed by atoms with E-state index in [9.17, 15) is 4.79 Å². The highest BCUT2D eigenvalue weighted by Crippen LogP contribution is 2.25. The van der Waals surface area contributed by atoms with Crippen molar-refractivity contribution < 1.29 is 13.9 Å². The standard InChI is InChI=1S/C28H33N9O4/c1-33-23-25(31-27(29)37-26(23)30-24(32-37)22-3-2-16-41-22)36(28(33)38)15-12-34-10-13-35(14-11-34)19-4-6-20(7-5-19)39-17-18-40-21-8-9-21/h2-7,16,21H,8-15,17-18H2,1H3,(H2,29,31). The number of anilines is 2. The maximum Gasteiger partial charge on any atom is 0.330 e. The zero-order valence-corrected chi connectivity index (χ0v) is 23.0. The third kappa shape index (κ3) is 5.02. The number of imidazole rings is 1. The van der Waals surface area contributed by atoms with Crippen molar-refractivity contribution in [2.24, 2.45) is 7.05 Å². The van der Waals surface area contributed by atoms with Crippen LogP contribution in [0.15, 0.2) is 51.9 Å². The minimum atomic E-state index is -0.164. The second-order valence-corrected chi connectivity index (χ2v) is 10.5. The second kappa shape index (κ2) is 10.6. The van der Waals surface area contributed by atoms with Gasteiger partial charge in [-0.1, -0.05) is 0 Å². The molecular formula is C28H33N9O4. The molecule has 41 heavy (non-hydrogen) atoms. The lowest BCUT2D eigenvalue weighted by molar-refractivity contribution is 0.0881. The average molecular weight is 560 g/mol. The molecule has 2 aliphatic rings. The number of nitrogen functional groups attached to an aromatic ring is 1. The van der Waals surface area contributed by atoms with Gasteiger partial charge in [0.1, 0.15) is 17.9 Å². The lowest BCUT2D eigenvalue weighted by Crippen LogP contribution is -2.47. The number of rotatable bonds is 10. The maximum absolute atomic E-state index is 13.3. The van der Waals surface area contributed by atoms with Crippen LogP contribution in [0.25, 0.3) is 28.4 Å². The Morgan fingerprint density at radius 2 is 1.80 bits per heavy atom. The van der Waals surface area contributed by atoms with Gasteiger partial charge in [0.25, 0.3) is 0 Å². The van der Waals surface area contributed by atoms with Crippen molar-refractivity contribution in [2.75, 3.05) is 56.6 Å². The van der Waals surface area contributed by atoms with Crippen molar-refractivity contribution in [1.29, 1.82) is 0 Å². The van der Waals surface area contributed by atoms with Gasteiger partial charge in [-0.25, -0.2) is 9.78 Å². The molecule has 13 heteroatoms. The lowest BCUT2D eigenvalue weighted by Gasteiger charge is -2.36. The van der Waals surface area contributed by atoms with Gasteiger partial charge in [-0.15, -0.1) is 5.10 Å². The molecule has 0 amide bonds. The number of fused-ring (bicyclic) bond motifs is 3. The number of nitrogens with zero attached hydrogens (tertiary/aromatic N) is 8. The van der Waals surface area contributed by atoms with Crippen LogP contribution in [-0.2, 0) is 18.3 Å². The van der Waals surface area contributed by atoms with E-state index in [0.717, 1.165) is 38.5 Å². The number of ether oxygens (including phenoxy) is 2. The van der Waals surface area contributed by atoms with Crippen molar-refractivity contribution in [3.8, 4) is 17.3 Å². The summed E-state index contributed by atoms with van der Waals surface area (Å²) in [6, 6.07) is 11.8. The summed E-state index contributed by atoms with van der Waals surface area (Å²) in [5.41, 5.74) is 8.82. The summed E-state index contributed by atoms with van der Waals surface area (Å²) >= 11 is 0. The van der Waals surface area contributed by atoms with Gasteiger partial charge in [0.05, 0.1) is 19.0 Å². The van der Waals surface area contributed by atoms with Crippen LogP contribution >= 0.6 is 0 Å². The van der Waals surface area contributed by atoms with Crippen molar-refractivity contribution >= 4 is 28.4 Å². The maximum atomic E-state index is 13.3. The first-order valence-corrected chi connectivity index (χ1v) is 14.0. The van der Waals surface area contributed by atoms with Crippen LogP contribution in [0.4, 0.5) is 11.6 Å². The predicted octanol–water partition coefficient (Wildman–Crippen LogP) is 2.00. The molecule has 1 saturated carbocycles. The van der Waals surface area contributed by atoms with E-state index in [1.807, 2.05) is 12.1 Å². The Balaban J connectivity index is 0.993. The smallest absolute Gasteiger partial charge is 0.330 e. The Morgan fingerprint density at radius 3 is 2.54 bits per heavy atom. The van der Waals surface area contributed by atoms with Gasteiger partial charge in [-0.3, -0.25) is 14.0 Å². The lowest BCUT2D eigenvalue weighted by atomic mass is 10.2. The summed E-state index contributed by atoms with van der Waals surface area (Å²) < 4.78 is 21.6. The molecule has 4 aromatic heterocycles. The minimum absolute atomic E-state index is 0.161. The predicted molar refractivity (Wildman–Crippen MR) is 153 cm³/mol. The van der Waals surface area contributed by atoms with Gasteiger partial charge in [0.15, 0.2) is 17.1 Å². The Kier molecular flexibility index (Phi) is 6.59. The number of aryl methyl sites for hydroxylation is 1. The average Bonchev–Trinajstić information content (AvgIpc) is 3.36. The number of benzene rings is 1. The molecule has 5 heterocycles. The fraction of sp³-hybridized carbons (Fsp3) is 0.429. The molecule has 0 unspecified atom stereocenters. The number of nitrogens with two attached hydrogens (primary N) is 1. The number of furan rings is 1. The summed E-state index contributed by atoms with van der Waals surface area (Å²) in [5, 5.41) is 4.44. The van der Waals surface area contributed by atoms with Crippen LogP contribution in [0.1, 0.15) is 12.8 Å². The van der Waals surface area contributed by atoms with Crippen LogP contribution in [0, 0.1) is 0 Å². The van der Waals surface area contributed by atoms with E-state index in [0.29, 0.717) is 54.3 Å². The molecule has 0 spiro atoms. The van der Waals surface area contributed by atoms with Crippen molar-refractivity contribution in [1.82, 2.24) is 33.6 Å². The Morgan fingerprint density at radius 1 is 1.00 bits per heavy atom. The largest absolute Gasteiger partial charge is 0.491 e. The molecule has 1 saturated heterocycles. The molecule has 1 aliphatic carbocycles. The van der Waals surface area contributed by atoms with Gasteiger partial charge < -0.3 is 24.5 Å².